The van der Waals surface area contributed by atoms with Crippen LogP contribution in [0.5, 0.6) is 5.75 Å². The molecule has 0 N–H and O–H groups in total. The van der Waals surface area contributed by atoms with E-state index >= 15 is 0 Å². The molecular formula is C22H20Cl2N4O4. The minimum absolute atomic E-state index is 0.149. The number of rotatable bonds is 8. The molecule has 3 heterocycles. The van der Waals surface area contributed by atoms with Crippen LogP contribution in [0.1, 0.15) is 24.9 Å². The number of benzene rings is 1. The summed E-state index contributed by atoms with van der Waals surface area (Å²) < 4.78 is 16.7. The van der Waals surface area contributed by atoms with Crippen molar-refractivity contribution in [3.8, 4) is 17.4 Å². The van der Waals surface area contributed by atoms with Gasteiger partial charge in [-0.05, 0) is 43.7 Å². The van der Waals surface area contributed by atoms with E-state index in [1.807, 2.05) is 26.0 Å². The lowest BCUT2D eigenvalue weighted by atomic mass is 10.2. The van der Waals surface area contributed by atoms with Gasteiger partial charge in [0.1, 0.15) is 5.52 Å². The van der Waals surface area contributed by atoms with Gasteiger partial charge in [0, 0.05) is 17.6 Å². The van der Waals surface area contributed by atoms with Gasteiger partial charge in [-0.2, -0.15) is 0 Å². The monoisotopic (exact) mass is 474 g/mol. The number of pyridine rings is 1. The Morgan fingerprint density at radius 3 is 2.78 bits per heavy atom. The fraction of sp³-hybridized carbons (Fsp3) is 0.273. The molecule has 10 heteroatoms. The number of furan rings is 1. The minimum atomic E-state index is -0.253. The van der Waals surface area contributed by atoms with Gasteiger partial charge in [0.15, 0.2) is 18.1 Å². The Morgan fingerprint density at radius 1 is 1.19 bits per heavy atom. The summed E-state index contributed by atoms with van der Waals surface area (Å²) in [5, 5.41) is 9.43. The molecule has 0 aliphatic heterocycles. The molecule has 0 fully saturated rings. The topological polar surface area (TPSA) is 94.5 Å². The van der Waals surface area contributed by atoms with Crippen LogP contribution in [0.3, 0.4) is 0 Å². The van der Waals surface area contributed by atoms with Crippen LogP contribution in [-0.4, -0.2) is 39.1 Å². The van der Waals surface area contributed by atoms with Gasteiger partial charge in [-0.15, -0.1) is 10.2 Å². The van der Waals surface area contributed by atoms with Crippen molar-refractivity contribution in [1.82, 2.24) is 20.1 Å². The van der Waals surface area contributed by atoms with Crippen LogP contribution in [-0.2, 0) is 11.3 Å². The van der Waals surface area contributed by atoms with Crippen molar-refractivity contribution in [3.63, 3.8) is 0 Å². The van der Waals surface area contributed by atoms with E-state index in [4.69, 9.17) is 36.8 Å². The summed E-state index contributed by atoms with van der Waals surface area (Å²) in [5.74, 6) is 1.08. The number of halogens is 2. The van der Waals surface area contributed by atoms with Crippen molar-refractivity contribution in [2.75, 3.05) is 13.2 Å². The molecule has 0 aliphatic rings. The quantitative estimate of drug-likeness (QED) is 0.341. The normalized spacial score (nSPS) is 11.1. The number of hydrogen-bond acceptors (Lipinski definition) is 7. The summed E-state index contributed by atoms with van der Waals surface area (Å²) in [7, 11) is 0. The average molecular weight is 475 g/mol. The Morgan fingerprint density at radius 2 is 2.03 bits per heavy atom. The van der Waals surface area contributed by atoms with Crippen LogP contribution in [0.2, 0.25) is 10.0 Å². The van der Waals surface area contributed by atoms with E-state index < -0.39 is 0 Å². The van der Waals surface area contributed by atoms with Gasteiger partial charge >= 0.3 is 0 Å². The van der Waals surface area contributed by atoms with E-state index in [1.165, 1.54) is 6.26 Å². The van der Waals surface area contributed by atoms with E-state index in [9.17, 15) is 4.79 Å². The maximum absolute atomic E-state index is 12.9. The first-order valence-electron chi connectivity index (χ1n) is 9.98. The fourth-order valence-corrected chi connectivity index (χ4v) is 3.77. The Balaban J connectivity index is 1.50. The van der Waals surface area contributed by atoms with Crippen LogP contribution in [0.25, 0.3) is 22.6 Å². The Labute approximate surface area is 194 Å². The number of carbonyl (C=O) groups is 1. The minimum Gasteiger partial charge on any atom is -0.480 e. The molecule has 0 aliphatic carbocycles. The third-order valence-electron chi connectivity index (χ3n) is 4.69. The maximum atomic E-state index is 12.9. The summed E-state index contributed by atoms with van der Waals surface area (Å²) in [6.07, 6.45) is 2.27. The van der Waals surface area contributed by atoms with Gasteiger partial charge in [0.25, 0.3) is 11.8 Å². The number of fused-ring (bicyclic) bond motifs is 1. The summed E-state index contributed by atoms with van der Waals surface area (Å²) in [6.45, 7) is 4.24. The van der Waals surface area contributed by atoms with Crippen LogP contribution in [0.15, 0.2) is 45.4 Å². The van der Waals surface area contributed by atoms with Gasteiger partial charge in [-0.3, -0.25) is 4.79 Å². The van der Waals surface area contributed by atoms with Gasteiger partial charge in [-0.25, -0.2) is 4.98 Å². The number of hydrogen-bond donors (Lipinski definition) is 0. The lowest BCUT2D eigenvalue weighted by molar-refractivity contribution is -0.134. The summed E-state index contributed by atoms with van der Waals surface area (Å²) in [4.78, 5) is 19.0. The second-order valence-electron chi connectivity index (χ2n) is 7.10. The fourth-order valence-electron chi connectivity index (χ4n) is 3.20. The molecule has 166 valence electrons. The predicted molar refractivity (Wildman–Crippen MR) is 120 cm³/mol. The number of ether oxygens (including phenoxy) is 1. The molecule has 0 spiro atoms. The Hall–Kier alpha value is -3.10. The van der Waals surface area contributed by atoms with Crippen molar-refractivity contribution in [2.45, 2.75) is 26.8 Å². The third kappa shape index (κ3) is 4.71. The second kappa shape index (κ2) is 9.58. The largest absolute Gasteiger partial charge is 0.480 e. The summed E-state index contributed by atoms with van der Waals surface area (Å²) in [6, 6.07) is 8.73. The summed E-state index contributed by atoms with van der Waals surface area (Å²) in [5.41, 5.74) is 1.29. The first-order valence-corrected chi connectivity index (χ1v) is 10.7. The standard InChI is InChI=1S/C22H20Cl2N4O4/c1-3-8-28(11-18-26-27-22(32-18)17-5-4-9-30-17)19(29)12-31-21-16(24)10-15(23)14-7-6-13(2)25-20(14)21/h4-7,9-10H,3,8,11-12H2,1-2H3. The number of amides is 1. The molecule has 1 aromatic carbocycles. The van der Waals surface area contributed by atoms with Crippen molar-refractivity contribution in [1.29, 1.82) is 0 Å². The zero-order chi connectivity index (χ0) is 22.7. The molecule has 0 saturated heterocycles. The van der Waals surface area contributed by atoms with E-state index in [2.05, 4.69) is 15.2 Å². The number of carbonyl (C=O) groups excluding carboxylic acids is 1. The van der Waals surface area contributed by atoms with Gasteiger partial charge in [-0.1, -0.05) is 30.1 Å². The molecule has 32 heavy (non-hydrogen) atoms. The number of aryl methyl sites for hydroxylation is 1. The van der Waals surface area contributed by atoms with Crippen LogP contribution >= 0.6 is 23.2 Å². The Bertz CT molecular complexity index is 1240. The molecule has 4 aromatic rings. The van der Waals surface area contributed by atoms with E-state index in [0.29, 0.717) is 39.9 Å². The van der Waals surface area contributed by atoms with Crippen molar-refractivity contribution >= 4 is 40.0 Å². The van der Waals surface area contributed by atoms with Crippen molar-refractivity contribution < 1.29 is 18.4 Å². The average Bonchev–Trinajstić information content (AvgIpc) is 3.45. The first kappa shape index (κ1) is 22.1. The molecule has 0 saturated carbocycles. The smallest absolute Gasteiger partial charge is 0.283 e. The zero-order valence-electron chi connectivity index (χ0n) is 17.5. The van der Waals surface area contributed by atoms with Crippen LogP contribution in [0.4, 0.5) is 0 Å². The molecular weight excluding hydrogens is 455 g/mol. The molecule has 1 amide bonds. The third-order valence-corrected chi connectivity index (χ3v) is 5.28. The molecule has 0 atom stereocenters. The highest BCUT2D eigenvalue weighted by Crippen LogP contribution is 2.37. The SMILES string of the molecule is CCCN(Cc1nnc(-c2ccco2)o1)C(=O)COc1c(Cl)cc(Cl)c2ccc(C)nc12. The van der Waals surface area contributed by atoms with E-state index in [-0.39, 0.29) is 30.0 Å². The van der Waals surface area contributed by atoms with E-state index in [1.54, 1.807) is 23.1 Å². The van der Waals surface area contributed by atoms with Crippen LogP contribution in [0, 0.1) is 6.92 Å². The van der Waals surface area contributed by atoms with Gasteiger partial charge < -0.3 is 18.5 Å². The molecule has 0 radical (unpaired) electrons. The lowest BCUT2D eigenvalue weighted by Gasteiger charge is -2.21. The zero-order valence-corrected chi connectivity index (χ0v) is 19.0. The van der Waals surface area contributed by atoms with Crippen LogP contribution < -0.4 is 4.74 Å². The number of nitrogens with zero attached hydrogens (tertiary/aromatic N) is 4. The predicted octanol–water partition coefficient (Wildman–Crippen LogP) is 5.31. The lowest BCUT2D eigenvalue weighted by Crippen LogP contribution is -2.35. The van der Waals surface area contributed by atoms with Gasteiger partial charge in [0.05, 0.1) is 22.9 Å². The highest BCUT2D eigenvalue weighted by Gasteiger charge is 2.20. The molecule has 0 bridgehead atoms. The highest BCUT2D eigenvalue weighted by atomic mass is 35.5. The molecule has 0 unspecified atom stereocenters. The highest BCUT2D eigenvalue weighted by molar-refractivity contribution is 6.39. The van der Waals surface area contributed by atoms with E-state index in [0.717, 1.165) is 12.1 Å². The Kier molecular flexibility index (Phi) is 6.62. The second-order valence-corrected chi connectivity index (χ2v) is 7.91. The van der Waals surface area contributed by atoms with Crippen molar-refractivity contribution in [2.24, 2.45) is 0 Å². The van der Waals surface area contributed by atoms with Crippen molar-refractivity contribution in [3.05, 3.63) is 58.2 Å². The first-order chi connectivity index (χ1) is 15.5. The summed E-state index contributed by atoms with van der Waals surface area (Å²) >= 11 is 12.6. The number of aromatic nitrogens is 3. The molecule has 4 rings (SSSR count). The molecule has 3 aromatic heterocycles. The molecule has 8 nitrogen and oxygen atoms in total. The maximum Gasteiger partial charge on any atom is 0.283 e. The van der Waals surface area contributed by atoms with Gasteiger partial charge in [0.2, 0.25) is 5.89 Å².